The highest BCUT2D eigenvalue weighted by Gasteiger charge is 2.23. The fraction of sp³-hybridized carbons (Fsp3) is 0.500. The van der Waals surface area contributed by atoms with Gasteiger partial charge in [0.25, 0.3) is 10.0 Å². The van der Waals surface area contributed by atoms with Gasteiger partial charge in [-0.15, -0.1) is 0 Å². The Morgan fingerprint density at radius 3 is 2.24 bits per heavy atom. The zero-order valence-corrected chi connectivity index (χ0v) is 16.5. The quantitative estimate of drug-likeness (QED) is 0.798. The third kappa shape index (κ3) is 7.17. The van der Waals surface area contributed by atoms with Crippen LogP contribution in [0.5, 0.6) is 5.75 Å². The summed E-state index contributed by atoms with van der Waals surface area (Å²) < 4.78 is 32.0. The lowest BCUT2D eigenvalue weighted by Gasteiger charge is -2.30. The summed E-state index contributed by atoms with van der Waals surface area (Å²) in [4.78, 5) is 13.7. The Hall–Kier alpha value is -2.02. The van der Waals surface area contributed by atoms with Crippen molar-refractivity contribution in [3.05, 3.63) is 35.2 Å². The molecule has 0 heterocycles. The highest BCUT2D eigenvalue weighted by molar-refractivity contribution is 7.93. The summed E-state index contributed by atoms with van der Waals surface area (Å²) in [6.45, 7) is 11.2. The van der Waals surface area contributed by atoms with E-state index < -0.39 is 16.1 Å². The molecule has 0 unspecified atom stereocenters. The first-order valence-corrected chi connectivity index (χ1v) is 9.86. The van der Waals surface area contributed by atoms with Gasteiger partial charge in [-0.3, -0.25) is 0 Å². The summed E-state index contributed by atoms with van der Waals surface area (Å²) in [5, 5.41) is 0.984. The molecule has 1 rings (SSSR count). The number of hydrogen-bond acceptors (Lipinski definition) is 4. The Morgan fingerprint density at radius 2 is 1.72 bits per heavy atom. The second-order valence-corrected chi connectivity index (χ2v) is 8.16. The number of rotatable bonds is 7. The van der Waals surface area contributed by atoms with E-state index in [0.29, 0.717) is 11.3 Å². The minimum absolute atomic E-state index is 0.0281. The molecule has 0 aliphatic rings. The average molecular weight is 368 g/mol. The van der Waals surface area contributed by atoms with Crippen LogP contribution in [0.25, 0.3) is 6.08 Å². The molecule has 7 heteroatoms. The van der Waals surface area contributed by atoms with Crippen molar-refractivity contribution in [3.8, 4) is 5.75 Å². The standard InChI is InChI=1S/C18H28N2O4S/c1-13(2)20(14(3)4)18(21)19-25(22,23)11-10-16-8-7-9-17(12-16)24-15(5)6/h7-15H,1-6H3,(H,19,21). The Morgan fingerprint density at radius 1 is 1.12 bits per heavy atom. The van der Waals surface area contributed by atoms with E-state index in [1.807, 2.05) is 41.5 Å². The summed E-state index contributed by atoms with van der Waals surface area (Å²) in [7, 11) is -3.89. The van der Waals surface area contributed by atoms with Gasteiger partial charge in [0.2, 0.25) is 0 Å². The van der Waals surface area contributed by atoms with Gasteiger partial charge in [-0.25, -0.2) is 17.9 Å². The first-order valence-electron chi connectivity index (χ1n) is 8.31. The summed E-state index contributed by atoms with van der Waals surface area (Å²) >= 11 is 0. The van der Waals surface area contributed by atoms with Crippen LogP contribution >= 0.6 is 0 Å². The molecule has 1 aromatic rings. The van der Waals surface area contributed by atoms with Crippen molar-refractivity contribution >= 4 is 22.1 Å². The van der Waals surface area contributed by atoms with Crippen LogP contribution in [0, 0.1) is 0 Å². The van der Waals surface area contributed by atoms with Gasteiger partial charge in [-0.05, 0) is 65.3 Å². The van der Waals surface area contributed by atoms with E-state index in [0.717, 1.165) is 5.41 Å². The molecule has 0 aliphatic heterocycles. The maximum atomic E-state index is 12.2. The first kappa shape index (κ1) is 21.0. The van der Waals surface area contributed by atoms with Gasteiger partial charge >= 0.3 is 6.03 Å². The van der Waals surface area contributed by atoms with Crippen molar-refractivity contribution in [3.63, 3.8) is 0 Å². The summed E-state index contributed by atoms with van der Waals surface area (Å²) in [5.74, 6) is 0.657. The molecule has 25 heavy (non-hydrogen) atoms. The van der Waals surface area contributed by atoms with Crippen LogP contribution in [0.2, 0.25) is 0 Å². The lowest BCUT2D eigenvalue weighted by atomic mass is 10.2. The van der Waals surface area contributed by atoms with Crippen molar-refractivity contribution < 1.29 is 17.9 Å². The van der Waals surface area contributed by atoms with Crippen molar-refractivity contribution in [2.45, 2.75) is 59.7 Å². The molecule has 1 aromatic carbocycles. The molecule has 0 radical (unpaired) electrons. The second-order valence-electron chi connectivity index (χ2n) is 6.59. The molecular weight excluding hydrogens is 340 g/mol. The zero-order valence-electron chi connectivity index (χ0n) is 15.7. The molecular formula is C18H28N2O4S. The van der Waals surface area contributed by atoms with E-state index in [1.54, 1.807) is 24.3 Å². The fourth-order valence-corrected chi connectivity index (χ4v) is 3.16. The maximum absolute atomic E-state index is 12.2. The molecule has 0 saturated carbocycles. The van der Waals surface area contributed by atoms with Gasteiger partial charge in [0, 0.05) is 12.1 Å². The molecule has 140 valence electrons. The third-order valence-corrected chi connectivity index (χ3v) is 4.20. The van der Waals surface area contributed by atoms with E-state index in [4.69, 9.17) is 4.74 Å². The topological polar surface area (TPSA) is 75.7 Å². The number of amides is 2. The number of carbonyl (C=O) groups is 1. The molecule has 6 nitrogen and oxygen atoms in total. The minimum atomic E-state index is -3.89. The Balaban J connectivity index is 2.87. The molecule has 1 N–H and O–H groups in total. The van der Waals surface area contributed by atoms with Crippen LogP contribution in [0.1, 0.15) is 47.1 Å². The molecule has 0 atom stereocenters. The van der Waals surface area contributed by atoms with Crippen molar-refractivity contribution in [1.29, 1.82) is 0 Å². The van der Waals surface area contributed by atoms with Crippen LogP contribution in [0.4, 0.5) is 4.79 Å². The first-order chi connectivity index (χ1) is 11.5. The number of sulfonamides is 1. The van der Waals surface area contributed by atoms with Gasteiger partial charge in [-0.1, -0.05) is 12.1 Å². The number of benzene rings is 1. The number of hydrogen-bond donors (Lipinski definition) is 1. The zero-order chi connectivity index (χ0) is 19.2. The van der Waals surface area contributed by atoms with E-state index >= 15 is 0 Å². The highest BCUT2D eigenvalue weighted by Crippen LogP contribution is 2.16. The van der Waals surface area contributed by atoms with Gasteiger partial charge in [-0.2, -0.15) is 0 Å². The van der Waals surface area contributed by atoms with Gasteiger partial charge in [0.15, 0.2) is 0 Å². The van der Waals surface area contributed by atoms with Crippen LogP contribution in [0.3, 0.4) is 0 Å². The van der Waals surface area contributed by atoms with Crippen molar-refractivity contribution in [2.75, 3.05) is 0 Å². The Labute approximate surface area is 150 Å². The summed E-state index contributed by atoms with van der Waals surface area (Å²) in [6, 6.07) is 6.23. The van der Waals surface area contributed by atoms with Gasteiger partial charge in [0.1, 0.15) is 5.75 Å². The lowest BCUT2D eigenvalue weighted by Crippen LogP contribution is -2.48. The largest absolute Gasteiger partial charge is 0.491 e. The fourth-order valence-electron chi connectivity index (χ4n) is 2.41. The minimum Gasteiger partial charge on any atom is -0.491 e. The van der Waals surface area contributed by atoms with Gasteiger partial charge < -0.3 is 9.64 Å². The van der Waals surface area contributed by atoms with E-state index in [9.17, 15) is 13.2 Å². The van der Waals surface area contributed by atoms with Crippen LogP contribution in [0.15, 0.2) is 29.7 Å². The number of nitrogens with zero attached hydrogens (tertiary/aromatic N) is 1. The van der Waals surface area contributed by atoms with Crippen molar-refractivity contribution in [2.24, 2.45) is 0 Å². The molecule has 0 spiro atoms. The van der Waals surface area contributed by atoms with Crippen LogP contribution < -0.4 is 9.46 Å². The van der Waals surface area contributed by atoms with E-state index in [2.05, 4.69) is 4.72 Å². The lowest BCUT2D eigenvalue weighted by molar-refractivity contribution is 0.170. The Bertz CT molecular complexity index is 702. The van der Waals surface area contributed by atoms with E-state index in [1.165, 1.54) is 11.0 Å². The molecule has 0 fully saturated rings. The second kappa shape index (κ2) is 8.89. The Kier molecular flexibility index (Phi) is 7.48. The summed E-state index contributed by atoms with van der Waals surface area (Å²) in [6.07, 6.45) is 1.46. The number of urea groups is 1. The smallest absolute Gasteiger partial charge is 0.331 e. The van der Waals surface area contributed by atoms with Crippen LogP contribution in [-0.4, -0.2) is 37.5 Å². The number of ether oxygens (including phenoxy) is 1. The SMILES string of the molecule is CC(C)Oc1cccc(C=CS(=O)(=O)NC(=O)N(C(C)C)C(C)C)c1. The predicted octanol–water partition coefficient (Wildman–Crippen LogP) is 3.60. The molecule has 0 aliphatic carbocycles. The third-order valence-electron chi connectivity index (χ3n) is 3.25. The van der Waals surface area contributed by atoms with E-state index in [-0.39, 0.29) is 18.2 Å². The molecule has 0 aromatic heterocycles. The number of carbonyl (C=O) groups excluding carboxylic acids is 1. The van der Waals surface area contributed by atoms with Gasteiger partial charge in [0.05, 0.1) is 11.5 Å². The molecule has 2 amide bonds. The maximum Gasteiger partial charge on any atom is 0.331 e. The molecule has 0 bridgehead atoms. The van der Waals surface area contributed by atoms with Crippen LogP contribution in [-0.2, 0) is 10.0 Å². The number of nitrogens with one attached hydrogen (secondary N) is 1. The average Bonchev–Trinajstić information content (AvgIpc) is 2.43. The van der Waals surface area contributed by atoms with Crippen molar-refractivity contribution in [1.82, 2.24) is 9.62 Å². The highest BCUT2D eigenvalue weighted by atomic mass is 32.2. The summed E-state index contributed by atoms with van der Waals surface area (Å²) in [5.41, 5.74) is 0.667. The predicted molar refractivity (Wildman–Crippen MR) is 101 cm³/mol. The monoisotopic (exact) mass is 368 g/mol. The molecule has 0 saturated heterocycles. The normalized spacial score (nSPS) is 12.2.